The highest BCUT2D eigenvalue weighted by Gasteiger charge is 2.59. The quantitative estimate of drug-likeness (QED) is 0.0851. The molecule has 0 aromatic rings. The molecule has 0 aromatic carbocycles. The Morgan fingerprint density at radius 1 is 0.960 bits per heavy atom. The Labute approximate surface area is 305 Å². The van der Waals surface area contributed by atoms with Crippen LogP contribution in [0.3, 0.4) is 0 Å². The van der Waals surface area contributed by atoms with Crippen LogP contribution in [0.4, 0.5) is 0 Å². The summed E-state index contributed by atoms with van der Waals surface area (Å²) in [6.07, 6.45) is 27.3. The van der Waals surface area contributed by atoms with Crippen molar-refractivity contribution in [3.63, 3.8) is 0 Å². The van der Waals surface area contributed by atoms with Crippen molar-refractivity contribution >= 4 is 5.97 Å². The molecular weight excluding hydrogens is 620 g/mol. The first-order valence-electron chi connectivity index (χ1n) is 21.1. The number of rotatable bonds is 16. The largest absolute Gasteiger partial charge is 0.462 e. The van der Waals surface area contributed by atoms with Crippen molar-refractivity contribution in [1.82, 2.24) is 0 Å². The molecule has 5 nitrogen and oxygen atoms in total. The first kappa shape index (κ1) is 39.8. The van der Waals surface area contributed by atoms with Crippen molar-refractivity contribution < 1.29 is 24.9 Å². The van der Waals surface area contributed by atoms with Crippen LogP contribution in [0.1, 0.15) is 157 Å². The number of allylic oxidation sites excluding steroid dienone is 2. The van der Waals surface area contributed by atoms with Gasteiger partial charge in [0.15, 0.2) is 0 Å². The number of ether oxygens (including phenoxy) is 1. The summed E-state index contributed by atoms with van der Waals surface area (Å²) in [5.74, 6) is 4.48. The molecule has 5 rings (SSSR count). The standard InChI is InChI=1S/C45H74O5/c1-7-8-9-15-33(46)19-21-36-35(41(47)29-42(36)48)16-10-11-17-43(49)50-34-24-26-44(5)32(28-34)18-20-37-39-23-22-38(31(4)14-12-13-30(2)3)45(39,6)27-25-40(37)44/h10-11,18-19,21,30-31,33-42,46-48H,7-9,12-17,20,22-29H2,1-6H3/b11-10-,21-19+/t31-,33-,34+,35+,36-,37+,38-,39+,40+,41+,42-,44+,45-/m1/s1. The topological polar surface area (TPSA) is 87.0 Å². The molecular formula is C45H74O5. The van der Waals surface area contributed by atoms with Crippen molar-refractivity contribution in [3.8, 4) is 0 Å². The summed E-state index contributed by atoms with van der Waals surface area (Å²) in [5.41, 5.74) is 2.31. The number of esters is 1. The monoisotopic (exact) mass is 695 g/mol. The molecule has 0 bridgehead atoms. The highest BCUT2D eigenvalue weighted by atomic mass is 16.5. The number of aliphatic hydroxyl groups excluding tert-OH is 3. The molecule has 0 unspecified atom stereocenters. The summed E-state index contributed by atoms with van der Waals surface area (Å²) in [6, 6.07) is 0. The molecule has 284 valence electrons. The molecule has 3 N–H and O–H groups in total. The maximum atomic E-state index is 13.0. The maximum Gasteiger partial charge on any atom is 0.309 e. The van der Waals surface area contributed by atoms with Crippen LogP contribution >= 0.6 is 0 Å². The summed E-state index contributed by atoms with van der Waals surface area (Å²) in [7, 11) is 0. The van der Waals surface area contributed by atoms with E-state index in [-0.39, 0.29) is 35.7 Å². The summed E-state index contributed by atoms with van der Waals surface area (Å²) in [5, 5.41) is 31.5. The zero-order valence-corrected chi connectivity index (χ0v) is 32.7. The fourth-order valence-electron chi connectivity index (χ4n) is 12.1. The van der Waals surface area contributed by atoms with Crippen molar-refractivity contribution in [3.05, 3.63) is 36.0 Å². The molecule has 13 atom stereocenters. The minimum absolute atomic E-state index is 0.0340. The minimum atomic E-state index is -0.616. The molecule has 0 heterocycles. The number of hydrogen-bond acceptors (Lipinski definition) is 5. The SMILES string of the molecule is CCCCC[C@@H](O)/C=C/[C@@H]1[C@H](C/C=C\CC(=O)O[C@H]2CC[C@@]3(C)C(=CC[C@H]4[C@@H]5CC[C@H]([C@H](C)CCCC(C)C)[C@@]5(C)CC[C@@H]43)C2)[C@@H](O)C[C@H]1O. The average Bonchev–Trinajstić information content (AvgIpc) is 3.56. The first-order chi connectivity index (χ1) is 23.9. The molecule has 50 heavy (non-hydrogen) atoms. The Balaban J connectivity index is 1.10. The molecule has 5 heteroatoms. The molecule has 0 radical (unpaired) electrons. The lowest BCUT2D eigenvalue weighted by Crippen LogP contribution is -2.51. The van der Waals surface area contributed by atoms with E-state index in [4.69, 9.17) is 4.74 Å². The number of fused-ring (bicyclic) bond motifs is 5. The van der Waals surface area contributed by atoms with E-state index in [1.807, 2.05) is 18.2 Å². The fourth-order valence-corrected chi connectivity index (χ4v) is 12.1. The van der Waals surface area contributed by atoms with Crippen LogP contribution < -0.4 is 0 Å². The van der Waals surface area contributed by atoms with Gasteiger partial charge < -0.3 is 20.1 Å². The van der Waals surface area contributed by atoms with Crippen LogP contribution in [-0.4, -0.2) is 45.7 Å². The van der Waals surface area contributed by atoms with Gasteiger partial charge in [0, 0.05) is 18.8 Å². The van der Waals surface area contributed by atoms with Crippen molar-refractivity contribution in [2.45, 2.75) is 182 Å². The zero-order chi connectivity index (χ0) is 36.1. The van der Waals surface area contributed by atoms with E-state index in [9.17, 15) is 20.1 Å². The minimum Gasteiger partial charge on any atom is -0.462 e. The Morgan fingerprint density at radius 2 is 1.76 bits per heavy atom. The maximum absolute atomic E-state index is 13.0. The third-order valence-corrected chi connectivity index (χ3v) is 15.0. The Bertz CT molecular complexity index is 1190. The second-order valence-corrected chi connectivity index (χ2v) is 18.6. The summed E-state index contributed by atoms with van der Waals surface area (Å²) >= 11 is 0. The predicted molar refractivity (Wildman–Crippen MR) is 204 cm³/mol. The second kappa shape index (κ2) is 17.6. The van der Waals surface area contributed by atoms with Crippen LogP contribution in [0.15, 0.2) is 36.0 Å². The van der Waals surface area contributed by atoms with Gasteiger partial charge in [0.2, 0.25) is 0 Å². The fraction of sp³-hybridized carbons (Fsp3) is 0.844. The summed E-state index contributed by atoms with van der Waals surface area (Å²) < 4.78 is 6.07. The zero-order valence-electron chi connectivity index (χ0n) is 32.7. The number of carbonyl (C=O) groups is 1. The molecule has 0 amide bonds. The molecule has 5 aliphatic carbocycles. The lowest BCUT2D eigenvalue weighted by molar-refractivity contribution is -0.150. The van der Waals surface area contributed by atoms with Gasteiger partial charge in [-0.2, -0.15) is 0 Å². The number of hydrogen-bond donors (Lipinski definition) is 3. The first-order valence-corrected chi connectivity index (χ1v) is 21.1. The van der Waals surface area contributed by atoms with Crippen molar-refractivity contribution in [1.29, 1.82) is 0 Å². The third kappa shape index (κ3) is 9.02. The van der Waals surface area contributed by atoms with E-state index in [2.05, 4.69) is 47.6 Å². The molecule has 0 spiro atoms. The smallest absolute Gasteiger partial charge is 0.309 e. The summed E-state index contributed by atoms with van der Waals surface area (Å²) in [4.78, 5) is 13.0. The van der Waals surface area contributed by atoms with Gasteiger partial charge in [-0.15, -0.1) is 0 Å². The van der Waals surface area contributed by atoms with E-state index in [0.717, 1.165) is 80.5 Å². The van der Waals surface area contributed by atoms with Crippen LogP contribution in [0.25, 0.3) is 0 Å². The third-order valence-electron chi connectivity index (χ3n) is 15.0. The predicted octanol–water partition coefficient (Wildman–Crippen LogP) is 10.1. The van der Waals surface area contributed by atoms with Crippen molar-refractivity contribution in [2.75, 3.05) is 0 Å². The number of aliphatic hydroxyl groups is 3. The highest BCUT2D eigenvalue weighted by Crippen LogP contribution is 2.67. The van der Waals surface area contributed by atoms with E-state index in [0.29, 0.717) is 18.3 Å². The van der Waals surface area contributed by atoms with Crippen LogP contribution in [0, 0.1) is 58.2 Å². The Kier molecular flexibility index (Phi) is 14.0. The molecule has 0 aromatic heterocycles. The lowest BCUT2D eigenvalue weighted by Gasteiger charge is -2.58. The van der Waals surface area contributed by atoms with Gasteiger partial charge in [0.1, 0.15) is 6.10 Å². The molecule has 0 aliphatic heterocycles. The molecule has 0 saturated heterocycles. The molecule has 4 saturated carbocycles. The van der Waals surface area contributed by atoms with Crippen LogP contribution in [0.2, 0.25) is 0 Å². The second-order valence-electron chi connectivity index (χ2n) is 18.6. The van der Waals surface area contributed by atoms with Gasteiger partial charge in [0.05, 0.1) is 24.7 Å². The normalized spacial score (nSPS) is 39.7. The molecule has 4 fully saturated rings. The van der Waals surface area contributed by atoms with E-state index >= 15 is 0 Å². The highest BCUT2D eigenvalue weighted by molar-refractivity contribution is 5.71. The number of carbonyl (C=O) groups excluding carboxylic acids is 1. The Hall–Kier alpha value is -1.43. The van der Waals surface area contributed by atoms with Gasteiger partial charge >= 0.3 is 5.97 Å². The van der Waals surface area contributed by atoms with Gasteiger partial charge in [0.25, 0.3) is 0 Å². The van der Waals surface area contributed by atoms with Gasteiger partial charge in [-0.25, -0.2) is 0 Å². The van der Waals surface area contributed by atoms with E-state index in [1.54, 1.807) is 11.6 Å². The summed E-state index contributed by atoms with van der Waals surface area (Å²) in [6.45, 7) is 14.6. The average molecular weight is 695 g/mol. The van der Waals surface area contributed by atoms with Crippen LogP contribution in [-0.2, 0) is 9.53 Å². The van der Waals surface area contributed by atoms with Gasteiger partial charge in [-0.1, -0.05) is 116 Å². The van der Waals surface area contributed by atoms with E-state index in [1.165, 1.54) is 51.4 Å². The van der Waals surface area contributed by atoms with Crippen molar-refractivity contribution in [2.24, 2.45) is 58.2 Å². The lowest BCUT2D eigenvalue weighted by atomic mass is 9.47. The molecule has 5 aliphatic rings. The van der Waals surface area contributed by atoms with Crippen LogP contribution in [0.5, 0.6) is 0 Å². The van der Waals surface area contributed by atoms with E-state index < -0.39 is 18.3 Å². The Morgan fingerprint density at radius 3 is 2.52 bits per heavy atom. The number of unbranched alkanes of at least 4 members (excludes halogenated alkanes) is 2. The van der Waals surface area contributed by atoms with Gasteiger partial charge in [-0.05, 0) is 110 Å². The van der Waals surface area contributed by atoms with Gasteiger partial charge in [-0.3, -0.25) is 4.79 Å².